The molecule has 2 rings (SSSR count). The Balaban J connectivity index is 2.45. The topological polar surface area (TPSA) is 20.7 Å². The van der Waals surface area contributed by atoms with Crippen LogP contribution in [-0.4, -0.2) is 9.55 Å². The summed E-state index contributed by atoms with van der Waals surface area (Å²) in [5, 5.41) is 0. The molecule has 2 nitrogen and oxygen atoms in total. The number of aromatic amines is 1. The van der Waals surface area contributed by atoms with Gasteiger partial charge in [0.2, 0.25) is 0 Å². The zero-order valence-corrected chi connectivity index (χ0v) is 9.95. The number of nitrogens with zero attached hydrogens (tertiary/aromatic N) is 1. The summed E-state index contributed by atoms with van der Waals surface area (Å²) in [6.07, 6.45) is 5.99. The van der Waals surface area contributed by atoms with Gasteiger partial charge < -0.3 is 9.55 Å². The van der Waals surface area contributed by atoms with Crippen molar-refractivity contribution < 1.29 is 0 Å². The van der Waals surface area contributed by atoms with Gasteiger partial charge in [-0.3, -0.25) is 0 Å². The van der Waals surface area contributed by atoms with Crippen LogP contribution in [0.5, 0.6) is 0 Å². The van der Waals surface area contributed by atoms with Crippen LogP contribution in [0.15, 0.2) is 6.20 Å². The van der Waals surface area contributed by atoms with E-state index in [0.717, 1.165) is 4.77 Å². The number of imidazole rings is 1. The Morgan fingerprint density at radius 1 is 1.43 bits per heavy atom. The standard InChI is InChI=1S/C11H18N2S/c1-11(2,3)9-7-12-10(14)13(9)8-5-4-6-8/h7-8H,4-6H2,1-3H3,(H,12,14). The van der Waals surface area contributed by atoms with E-state index in [1.165, 1.54) is 25.0 Å². The van der Waals surface area contributed by atoms with Crippen molar-refractivity contribution >= 4 is 12.2 Å². The predicted octanol–water partition coefficient (Wildman–Crippen LogP) is 3.57. The summed E-state index contributed by atoms with van der Waals surface area (Å²) >= 11 is 5.33. The Kier molecular flexibility index (Phi) is 2.30. The summed E-state index contributed by atoms with van der Waals surface area (Å²) in [7, 11) is 0. The first-order valence-electron chi connectivity index (χ1n) is 5.30. The van der Waals surface area contributed by atoms with Crippen LogP contribution in [0, 0.1) is 4.77 Å². The highest BCUT2D eigenvalue weighted by molar-refractivity contribution is 7.71. The molecular weight excluding hydrogens is 192 g/mol. The summed E-state index contributed by atoms with van der Waals surface area (Å²) in [4.78, 5) is 3.17. The largest absolute Gasteiger partial charge is 0.337 e. The smallest absolute Gasteiger partial charge is 0.177 e. The van der Waals surface area contributed by atoms with E-state index in [1.54, 1.807) is 0 Å². The van der Waals surface area contributed by atoms with Crippen LogP contribution in [0.3, 0.4) is 0 Å². The Labute approximate surface area is 90.3 Å². The van der Waals surface area contributed by atoms with E-state index in [9.17, 15) is 0 Å². The fourth-order valence-electron chi connectivity index (χ4n) is 1.96. The van der Waals surface area contributed by atoms with Crippen LogP contribution < -0.4 is 0 Å². The molecule has 1 aliphatic rings. The van der Waals surface area contributed by atoms with Gasteiger partial charge in [-0.2, -0.15) is 0 Å². The third-order valence-corrected chi connectivity index (χ3v) is 3.33. The van der Waals surface area contributed by atoms with E-state index in [-0.39, 0.29) is 5.41 Å². The van der Waals surface area contributed by atoms with Crippen LogP contribution in [-0.2, 0) is 5.41 Å². The number of hydrogen-bond acceptors (Lipinski definition) is 1. The molecule has 0 radical (unpaired) electrons. The van der Waals surface area contributed by atoms with Gasteiger partial charge in [0.05, 0.1) is 0 Å². The first-order valence-corrected chi connectivity index (χ1v) is 5.71. The third-order valence-electron chi connectivity index (χ3n) is 3.02. The van der Waals surface area contributed by atoms with Crippen LogP contribution >= 0.6 is 12.2 Å². The van der Waals surface area contributed by atoms with Gasteiger partial charge in [0, 0.05) is 23.3 Å². The Hall–Kier alpha value is -0.570. The number of hydrogen-bond donors (Lipinski definition) is 1. The second-order valence-electron chi connectivity index (χ2n) is 5.18. The highest BCUT2D eigenvalue weighted by atomic mass is 32.1. The molecule has 0 atom stereocenters. The fourth-order valence-corrected chi connectivity index (χ4v) is 2.27. The van der Waals surface area contributed by atoms with E-state index >= 15 is 0 Å². The van der Waals surface area contributed by atoms with Gasteiger partial charge >= 0.3 is 0 Å². The Bertz CT molecular complexity index is 377. The molecule has 1 aromatic rings. The van der Waals surface area contributed by atoms with Crippen molar-refractivity contribution in [3.63, 3.8) is 0 Å². The molecule has 0 unspecified atom stereocenters. The Morgan fingerprint density at radius 3 is 2.50 bits per heavy atom. The number of aromatic nitrogens is 2. The molecule has 0 aromatic carbocycles. The van der Waals surface area contributed by atoms with Crippen molar-refractivity contribution in [2.24, 2.45) is 0 Å². The molecule has 1 saturated carbocycles. The SMILES string of the molecule is CC(C)(C)c1c[nH]c(=S)n1C1CCC1. The lowest BCUT2D eigenvalue weighted by atomic mass is 9.88. The van der Waals surface area contributed by atoms with Crippen LogP contribution in [0.1, 0.15) is 51.8 Å². The maximum absolute atomic E-state index is 5.33. The molecule has 0 amide bonds. The quantitative estimate of drug-likeness (QED) is 0.703. The molecule has 0 bridgehead atoms. The van der Waals surface area contributed by atoms with E-state index < -0.39 is 0 Å². The van der Waals surface area contributed by atoms with Gasteiger partial charge in [0.1, 0.15) is 0 Å². The summed E-state index contributed by atoms with van der Waals surface area (Å²) in [5.74, 6) is 0. The number of nitrogens with one attached hydrogen (secondary N) is 1. The van der Waals surface area contributed by atoms with Crippen molar-refractivity contribution in [2.45, 2.75) is 51.5 Å². The first-order chi connectivity index (χ1) is 6.50. The maximum Gasteiger partial charge on any atom is 0.177 e. The average molecular weight is 210 g/mol. The van der Waals surface area contributed by atoms with Crippen molar-refractivity contribution in [3.8, 4) is 0 Å². The molecule has 14 heavy (non-hydrogen) atoms. The van der Waals surface area contributed by atoms with Gasteiger partial charge in [-0.05, 0) is 31.5 Å². The van der Waals surface area contributed by atoms with Gasteiger partial charge in [0.25, 0.3) is 0 Å². The van der Waals surface area contributed by atoms with Gasteiger partial charge in [-0.25, -0.2) is 0 Å². The first kappa shape index (κ1) is 9.97. The summed E-state index contributed by atoms with van der Waals surface area (Å²) in [5.41, 5.74) is 1.52. The van der Waals surface area contributed by atoms with Crippen molar-refractivity contribution in [2.75, 3.05) is 0 Å². The molecule has 3 heteroatoms. The normalized spacial score (nSPS) is 18.2. The van der Waals surface area contributed by atoms with Crippen molar-refractivity contribution in [1.29, 1.82) is 0 Å². The minimum atomic E-state index is 0.184. The second kappa shape index (κ2) is 3.23. The monoisotopic (exact) mass is 210 g/mol. The fraction of sp³-hybridized carbons (Fsp3) is 0.727. The number of rotatable bonds is 1. The minimum Gasteiger partial charge on any atom is -0.337 e. The van der Waals surface area contributed by atoms with Crippen molar-refractivity contribution in [3.05, 3.63) is 16.7 Å². The highest BCUT2D eigenvalue weighted by Gasteiger charge is 2.27. The van der Waals surface area contributed by atoms with E-state index in [4.69, 9.17) is 12.2 Å². The molecule has 1 heterocycles. The molecule has 0 saturated heterocycles. The molecule has 1 aliphatic carbocycles. The maximum atomic E-state index is 5.33. The summed E-state index contributed by atoms with van der Waals surface area (Å²) in [6.45, 7) is 6.71. The van der Waals surface area contributed by atoms with E-state index in [1.807, 2.05) is 0 Å². The zero-order chi connectivity index (χ0) is 10.3. The predicted molar refractivity (Wildman–Crippen MR) is 61.2 cm³/mol. The van der Waals surface area contributed by atoms with Crippen molar-refractivity contribution in [1.82, 2.24) is 9.55 Å². The molecule has 0 spiro atoms. The molecule has 1 fully saturated rings. The highest BCUT2D eigenvalue weighted by Crippen LogP contribution is 2.35. The Morgan fingerprint density at radius 2 is 2.07 bits per heavy atom. The van der Waals surface area contributed by atoms with Gasteiger partial charge in [0.15, 0.2) is 4.77 Å². The lowest BCUT2D eigenvalue weighted by molar-refractivity contribution is 0.293. The zero-order valence-electron chi connectivity index (χ0n) is 9.13. The summed E-state index contributed by atoms with van der Waals surface area (Å²) in [6, 6.07) is 0.656. The third kappa shape index (κ3) is 1.54. The molecular formula is C11H18N2S. The molecule has 1 N–H and O–H groups in total. The molecule has 78 valence electrons. The molecule has 1 aromatic heterocycles. The van der Waals surface area contributed by atoms with Crippen LogP contribution in [0.2, 0.25) is 0 Å². The average Bonchev–Trinajstić information content (AvgIpc) is 2.28. The summed E-state index contributed by atoms with van der Waals surface area (Å²) < 4.78 is 3.21. The lowest BCUT2D eigenvalue weighted by Gasteiger charge is -2.32. The van der Waals surface area contributed by atoms with Crippen LogP contribution in [0.25, 0.3) is 0 Å². The second-order valence-corrected chi connectivity index (χ2v) is 5.57. The van der Waals surface area contributed by atoms with E-state index in [0.29, 0.717) is 6.04 Å². The van der Waals surface area contributed by atoms with E-state index in [2.05, 4.69) is 36.5 Å². The number of H-pyrrole nitrogens is 1. The van der Waals surface area contributed by atoms with Gasteiger partial charge in [-0.15, -0.1) is 0 Å². The lowest BCUT2D eigenvalue weighted by Crippen LogP contribution is -2.24. The molecule has 0 aliphatic heterocycles. The van der Waals surface area contributed by atoms with Crippen LogP contribution in [0.4, 0.5) is 0 Å². The minimum absolute atomic E-state index is 0.184. The van der Waals surface area contributed by atoms with Gasteiger partial charge in [-0.1, -0.05) is 20.8 Å².